The highest BCUT2D eigenvalue weighted by molar-refractivity contribution is 8.77. The van der Waals surface area contributed by atoms with Crippen molar-refractivity contribution in [3.63, 3.8) is 0 Å². The fraction of sp³-hybridized carbons (Fsp3) is 0.541. The van der Waals surface area contributed by atoms with E-state index in [1.807, 2.05) is 0 Å². The number of phenolic OH excluding ortho intramolecular Hbond substituents is 2. The van der Waals surface area contributed by atoms with Crippen LogP contribution in [0.4, 0.5) is 0 Å². The largest absolute Gasteiger partial charge is 0.508 e. The minimum atomic E-state index is -1.92. The lowest BCUT2D eigenvalue weighted by Gasteiger charge is -2.30. The van der Waals surface area contributed by atoms with Crippen molar-refractivity contribution in [3.05, 3.63) is 59.7 Å². The third-order valence-corrected chi connectivity index (χ3v) is 21.9. The quantitative estimate of drug-likeness (QED) is 0.0463. The van der Waals surface area contributed by atoms with Gasteiger partial charge in [0.1, 0.15) is 84.0 Å². The molecular formula is C61H84N14O22S6. The zero-order valence-corrected chi connectivity index (χ0v) is 60.9. The van der Waals surface area contributed by atoms with Gasteiger partial charge < -0.3 is 105 Å². The number of carboxylic acid groups (broad SMARTS) is 3. The van der Waals surface area contributed by atoms with Crippen LogP contribution in [0.15, 0.2) is 48.5 Å². The lowest BCUT2D eigenvalue weighted by molar-refractivity contribution is -0.146. The average Bonchev–Trinajstić information content (AvgIpc) is 1.76. The highest BCUT2D eigenvalue weighted by Gasteiger charge is 2.42. The van der Waals surface area contributed by atoms with Crippen molar-refractivity contribution in [3.8, 4) is 11.5 Å². The number of carbonyl (C=O) groups excluding carboxylic acids is 13. The van der Waals surface area contributed by atoms with Crippen LogP contribution in [-0.4, -0.2) is 275 Å². The van der Waals surface area contributed by atoms with Crippen LogP contribution in [0.2, 0.25) is 0 Å². The van der Waals surface area contributed by atoms with Gasteiger partial charge in [-0.1, -0.05) is 67.4 Å². The smallest absolute Gasteiger partial charge is 0.326 e. The average molecular weight is 1560 g/mol. The predicted molar refractivity (Wildman–Crippen MR) is 381 cm³/mol. The number of nitrogens with two attached hydrogens (primary N) is 1. The molecule has 0 saturated carbocycles. The molecule has 20 N–H and O–H groups in total. The number of phenols is 2. The van der Waals surface area contributed by atoms with E-state index in [0.29, 0.717) is 11.1 Å². The third kappa shape index (κ3) is 27.9. The molecule has 3 fully saturated rings. The first kappa shape index (κ1) is 85.2. The van der Waals surface area contributed by atoms with Crippen LogP contribution < -0.4 is 69.5 Å². The molecule has 36 nitrogen and oxygen atoms in total. The predicted octanol–water partition coefficient (Wildman–Crippen LogP) is -5.01. The molecule has 2 aromatic rings. The van der Waals surface area contributed by atoms with Crippen molar-refractivity contribution < 1.29 is 107 Å². The van der Waals surface area contributed by atoms with Gasteiger partial charge in [0.25, 0.3) is 0 Å². The molecule has 0 unspecified atom stereocenters. The van der Waals surface area contributed by atoms with Gasteiger partial charge in [0.2, 0.25) is 76.8 Å². The molecule has 3 heterocycles. The van der Waals surface area contributed by atoms with Crippen molar-refractivity contribution in [2.24, 2.45) is 5.73 Å². The summed E-state index contributed by atoms with van der Waals surface area (Å²) in [6.07, 6.45) is -1.47. The topological polar surface area (TPSA) is 568 Å². The summed E-state index contributed by atoms with van der Waals surface area (Å²) in [5.41, 5.74) is 7.14. The van der Waals surface area contributed by atoms with E-state index in [0.717, 1.165) is 78.5 Å². The van der Waals surface area contributed by atoms with Crippen LogP contribution in [0.5, 0.6) is 11.5 Å². The zero-order valence-electron chi connectivity index (χ0n) is 56.0. The number of hydrogen-bond acceptors (Lipinski definition) is 26. The van der Waals surface area contributed by atoms with Crippen LogP contribution in [0.3, 0.4) is 0 Å². The van der Waals surface area contributed by atoms with E-state index in [1.165, 1.54) is 55.5 Å². The number of aliphatic hydroxyl groups excluding tert-OH is 1. The van der Waals surface area contributed by atoms with Crippen LogP contribution in [-0.2, 0) is 89.6 Å². The Hall–Kier alpha value is -8.42. The van der Waals surface area contributed by atoms with Gasteiger partial charge in [0, 0.05) is 60.3 Å². The van der Waals surface area contributed by atoms with Crippen LogP contribution in [0.25, 0.3) is 0 Å². The van der Waals surface area contributed by atoms with E-state index in [1.54, 1.807) is 12.5 Å². The number of carbonyl (C=O) groups is 16. The lowest BCUT2D eigenvalue weighted by Crippen LogP contribution is -2.61. The van der Waals surface area contributed by atoms with Gasteiger partial charge in [-0.05, 0) is 81.0 Å². The number of amides is 13. The van der Waals surface area contributed by atoms with Gasteiger partial charge in [-0.3, -0.25) is 71.9 Å². The second-order valence-electron chi connectivity index (χ2n) is 23.7. The Bertz CT molecular complexity index is 3400. The SMILES string of the molecule is CSC[C@H](NC(=O)CNC(=O)[C@@H](NC(=O)[C@@H]1CSSC[C@@H]2NC(=O)[C@@H](N)CSSC[C@H](NC(=O)[C@H](CSC)NC(=O)[C@H](Cc3ccc(O)cc3)NC(=O)[C@H](CCC(=O)O)NC2=O)C(=O)N[C@@H](CC(=O)O)C(=O)N2CCC[C@H]2C(=O)N[C@@H](C)C(=O)N1)[C@@H](C)O)C(=O)N[C@@H](Cc1ccc(O)cc1)C(=O)O. The second-order valence-corrected chi connectivity index (χ2v) is 30.7. The summed E-state index contributed by atoms with van der Waals surface area (Å²) < 4.78 is 0. The number of hydrogen-bond donors (Lipinski definition) is 19. The van der Waals surface area contributed by atoms with Crippen LogP contribution in [0, 0.1) is 0 Å². The maximum atomic E-state index is 14.6. The first-order chi connectivity index (χ1) is 48.8. The van der Waals surface area contributed by atoms with Crippen molar-refractivity contribution in [2.75, 3.05) is 60.1 Å². The summed E-state index contributed by atoms with van der Waals surface area (Å²) in [5, 5.41) is 89.6. The molecule has 566 valence electrons. The van der Waals surface area contributed by atoms with E-state index in [2.05, 4.69) is 63.8 Å². The second kappa shape index (κ2) is 42.4. The van der Waals surface area contributed by atoms with Gasteiger partial charge in [0.05, 0.1) is 25.1 Å². The number of aliphatic hydroxyl groups is 1. The van der Waals surface area contributed by atoms with E-state index in [-0.39, 0.29) is 66.7 Å². The molecule has 14 atom stereocenters. The van der Waals surface area contributed by atoms with Crippen molar-refractivity contribution >= 4 is 161 Å². The lowest BCUT2D eigenvalue weighted by atomic mass is 10.0. The Morgan fingerprint density at radius 2 is 1.16 bits per heavy atom. The molecule has 5 rings (SSSR count). The molecular weight excluding hydrogens is 1470 g/mol. The number of carboxylic acids is 3. The first-order valence-electron chi connectivity index (χ1n) is 31.8. The molecule has 2 bridgehead atoms. The number of rotatable bonds is 23. The molecule has 0 radical (unpaired) electrons. The number of aliphatic carboxylic acids is 3. The third-order valence-electron chi connectivity index (χ3n) is 15.7. The fourth-order valence-corrected chi connectivity index (χ4v) is 15.9. The standard InChI is InChI=1S/C61H84N14O22S6/c1-28-49(84)70-43(57(92)74-48(29(2)76)59(94)63-21-45(79)65-39(23-98-3)53(88)69-38(61(96)97)19-31-9-13-33(78)14-10-31)27-103-102-25-41-55(90)66-35(15-16-46(80)81)51(86)67-36(18-30-7-11-32(77)12-8-30)52(87)72-40(24-99-4)54(89)73-42(26-101-100-22-34(62)50(85)71-41)56(91)68-37(20-47(82)83)60(95)75-17-5-6-44(75)58(93)64-28/h7-14,28-29,34-44,48,76-78H,5-6,15-27,62H2,1-4H3,(H,63,94)(H,64,93)(H,65,79)(H,66,90)(H,67,86)(H,68,91)(H,69,88)(H,70,84)(H,71,85)(H,72,87)(H,73,89)(H,74,92)(H,80,81)(H,82,83)(H,96,97)/t28-,29+,34-,35-,36-,37-,38-,39-,40-,41-,42-,43-,44-,48-/m0/s1. The van der Waals surface area contributed by atoms with E-state index in [9.17, 15) is 107 Å². The summed E-state index contributed by atoms with van der Waals surface area (Å²) in [6, 6.07) is -10.3. The Morgan fingerprint density at radius 3 is 1.74 bits per heavy atom. The maximum absolute atomic E-state index is 14.6. The van der Waals surface area contributed by atoms with Crippen molar-refractivity contribution in [1.29, 1.82) is 0 Å². The van der Waals surface area contributed by atoms with E-state index >= 15 is 0 Å². The monoisotopic (exact) mass is 1560 g/mol. The zero-order chi connectivity index (χ0) is 76.2. The number of nitrogens with one attached hydrogen (secondary N) is 12. The molecule has 42 heteroatoms. The molecule has 3 aliphatic heterocycles. The number of aromatic hydroxyl groups is 2. The fourth-order valence-electron chi connectivity index (χ4n) is 10.1. The normalized spacial score (nSPS) is 24.5. The van der Waals surface area contributed by atoms with Crippen LogP contribution >= 0.6 is 66.7 Å². The first-order valence-corrected chi connectivity index (χ1v) is 39.6. The number of fused-ring (bicyclic) bond motifs is 9. The number of benzene rings is 2. The van der Waals surface area contributed by atoms with Gasteiger partial charge in [0.15, 0.2) is 0 Å². The van der Waals surface area contributed by atoms with Gasteiger partial charge in [-0.2, -0.15) is 23.5 Å². The minimum absolute atomic E-state index is 0.0387. The molecule has 0 aromatic heterocycles. The summed E-state index contributed by atoms with van der Waals surface area (Å²) in [5.74, 6) is -20.4. The van der Waals surface area contributed by atoms with E-state index in [4.69, 9.17) is 5.73 Å². The highest BCUT2D eigenvalue weighted by atomic mass is 33.1. The van der Waals surface area contributed by atoms with Crippen LogP contribution in [0.1, 0.15) is 57.1 Å². The summed E-state index contributed by atoms with van der Waals surface area (Å²) in [4.78, 5) is 222. The Morgan fingerprint density at radius 1 is 0.602 bits per heavy atom. The molecule has 13 amide bonds. The number of nitrogens with zero attached hydrogens (tertiary/aromatic N) is 1. The molecule has 0 aliphatic carbocycles. The number of thioether (sulfide) groups is 2. The molecule has 3 saturated heterocycles. The minimum Gasteiger partial charge on any atom is -0.508 e. The summed E-state index contributed by atoms with van der Waals surface area (Å²) in [7, 11) is 3.30. The molecule has 103 heavy (non-hydrogen) atoms. The van der Waals surface area contributed by atoms with Gasteiger partial charge in [-0.25, -0.2) is 4.79 Å². The molecule has 2 aromatic carbocycles. The Labute approximate surface area is 614 Å². The summed E-state index contributed by atoms with van der Waals surface area (Å²) >= 11 is 2.17. The Kier molecular flexibility index (Phi) is 35.1. The maximum Gasteiger partial charge on any atom is 0.326 e. The van der Waals surface area contributed by atoms with Crippen molar-refractivity contribution in [2.45, 2.75) is 143 Å². The highest BCUT2D eigenvalue weighted by Crippen LogP contribution is 2.27. The summed E-state index contributed by atoms with van der Waals surface area (Å²) in [6.45, 7) is 1.23. The van der Waals surface area contributed by atoms with Gasteiger partial charge in [-0.15, -0.1) is 0 Å². The molecule has 3 aliphatic rings. The Balaban J connectivity index is 1.52. The van der Waals surface area contributed by atoms with Gasteiger partial charge >= 0.3 is 17.9 Å². The molecule has 0 spiro atoms. The van der Waals surface area contributed by atoms with Crippen molar-refractivity contribution in [1.82, 2.24) is 68.7 Å². The van der Waals surface area contributed by atoms with E-state index < -0.39 is 217 Å².